The fourth-order valence-electron chi connectivity index (χ4n) is 0.175. The normalized spacial score (nSPS) is 20.0. The summed E-state index contributed by atoms with van der Waals surface area (Å²) in [6, 6.07) is 0. The maximum absolute atomic E-state index is 10.1. The van der Waals surface area contributed by atoms with Gasteiger partial charge in [0.15, 0.2) is 0 Å². The SMILES string of the molecule is O=S1C=NN=C1. The molecule has 0 unspecified atom stereocenters. The Kier molecular flexibility index (Phi) is 0.795. The van der Waals surface area contributed by atoms with Crippen LogP contribution >= 0.6 is 0 Å². The summed E-state index contributed by atoms with van der Waals surface area (Å²) in [6.45, 7) is 0. The quantitative estimate of drug-likeness (QED) is 0.414. The number of hydrogen-bond acceptors (Lipinski definition) is 3. The van der Waals surface area contributed by atoms with Crippen LogP contribution in [0.4, 0.5) is 0 Å². The van der Waals surface area contributed by atoms with E-state index in [1.54, 1.807) is 0 Å². The Morgan fingerprint density at radius 2 is 1.83 bits per heavy atom. The monoisotopic (exact) mass is 102 g/mol. The number of hydrogen-bond donors (Lipinski definition) is 0. The molecule has 0 aromatic heterocycles. The minimum atomic E-state index is -1.01. The Morgan fingerprint density at radius 1 is 1.33 bits per heavy atom. The van der Waals surface area contributed by atoms with Gasteiger partial charge in [-0.15, -0.1) is 10.2 Å². The van der Waals surface area contributed by atoms with Gasteiger partial charge in [-0.3, -0.25) is 0 Å². The first-order chi connectivity index (χ1) is 2.89. The molecule has 0 radical (unpaired) electrons. The van der Waals surface area contributed by atoms with Crippen molar-refractivity contribution in [3.05, 3.63) is 0 Å². The molecule has 0 N–H and O–H groups in total. The van der Waals surface area contributed by atoms with Crippen molar-refractivity contribution in [3.63, 3.8) is 0 Å². The highest BCUT2D eigenvalue weighted by Gasteiger charge is 1.89. The molecule has 0 spiro atoms. The largest absolute Gasteiger partial charge is 0.247 e. The van der Waals surface area contributed by atoms with Crippen LogP contribution < -0.4 is 0 Å². The van der Waals surface area contributed by atoms with Gasteiger partial charge in [-0.1, -0.05) is 0 Å². The van der Waals surface area contributed by atoms with Crippen LogP contribution in [-0.4, -0.2) is 15.3 Å². The van der Waals surface area contributed by atoms with Gasteiger partial charge in [0.25, 0.3) is 0 Å². The summed E-state index contributed by atoms with van der Waals surface area (Å²) in [5.41, 5.74) is 2.56. The van der Waals surface area contributed by atoms with Crippen LogP contribution in [0.15, 0.2) is 10.2 Å². The van der Waals surface area contributed by atoms with Gasteiger partial charge < -0.3 is 0 Å². The zero-order valence-corrected chi connectivity index (χ0v) is 3.68. The van der Waals surface area contributed by atoms with E-state index in [9.17, 15) is 4.21 Å². The predicted molar refractivity (Wildman–Crippen MR) is 25.1 cm³/mol. The van der Waals surface area contributed by atoms with Crippen molar-refractivity contribution in [2.45, 2.75) is 0 Å². The molecule has 3 nitrogen and oxygen atoms in total. The van der Waals surface area contributed by atoms with Crippen LogP contribution in [0.3, 0.4) is 0 Å². The molecule has 1 aliphatic rings. The lowest BCUT2D eigenvalue weighted by Gasteiger charge is -1.59. The average Bonchev–Trinajstić information content (AvgIpc) is 1.86. The third kappa shape index (κ3) is 0.514. The van der Waals surface area contributed by atoms with E-state index in [0.717, 1.165) is 0 Å². The maximum atomic E-state index is 10.1. The molecule has 0 saturated carbocycles. The first kappa shape index (κ1) is 3.67. The first-order valence-electron chi connectivity index (χ1n) is 1.35. The molecule has 32 valence electrons. The van der Waals surface area contributed by atoms with Crippen LogP contribution in [0, 0.1) is 0 Å². The van der Waals surface area contributed by atoms with Crippen LogP contribution in [0.1, 0.15) is 0 Å². The minimum Gasteiger partial charge on any atom is -0.247 e. The van der Waals surface area contributed by atoms with E-state index < -0.39 is 10.8 Å². The fraction of sp³-hybridized carbons (Fsp3) is 0. The highest BCUT2D eigenvalue weighted by Crippen LogP contribution is 1.81. The summed E-state index contributed by atoms with van der Waals surface area (Å²) in [6.07, 6.45) is 0. The lowest BCUT2D eigenvalue weighted by Crippen LogP contribution is -1.81. The second kappa shape index (κ2) is 1.30. The third-order valence-corrected chi connectivity index (χ3v) is 0.973. The van der Waals surface area contributed by atoms with Crippen molar-refractivity contribution in [1.82, 2.24) is 0 Å². The summed E-state index contributed by atoms with van der Waals surface area (Å²) in [4.78, 5) is 0. The van der Waals surface area contributed by atoms with Gasteiger partial charge in [0.05, 0.1) is 0 Å². The van der Waals surface area contributed by atoms with Crippen molar-refractivity contribution in [2.24, 2.45) is 10.2 Å². The Bertz CT molecular complexity index is 114. The van der Waals surface area contributed by atoms with Gasteiger partial charge >= 0.3 is 0 Å². The van der Waals surface area contributed by atoms with Crippen molar-refractivity contribution >= 4 is 21.9 Å². The Hall–Kier alpha value is -0.510. The van der Waals surface area contributed by atoms with E-state index in [-0.39, 0.29) is 0 Å². The molecule has 1 aliphatic heterocycles. The Morgan fingerprint density at radius 3 is 2.00 bits per heavy atom. The van der Waals surface area contributed by atoms with Gasteiger partial charge in [0.1, 0.15) is 21.9 Å². The van der Waals surface area contributed by atoms with Crippen molar-refractivity contribution in [1.29, 1.82) is 0 Å². The van der Waals surface area contributed by atoms with Gasteiger partial charge in [-0.2, -0.15) is 0 Å². The molecule has 6 heavy (non-hydrogen) atoms. The summed E-state index contributed by atoms with van der Waals surface area (Å²) in [5.74, 6) is 0. The Balaban J connectivity index is 2.86. The van der Waals surface area contributed by atoms with Gasteiger partial charge in [0.2, 0.25) is 0 Å². The molecule has 0 aliphatic carbocycles. The van der Waals surface area contributed by atoms with Crippen LogP contribution in [0.2, 0.25) is 0 Å². The van der Waals surface area contributed by atoms with E-state index in [1.807, 2.05) is 0 Å². The summed E-state index contributed by atoms with van der Waals surface area (Å²) < 4.78 is 10.1. The zero-order valence-electron chi connectivity index (χ0n) is 2.87. The molecular formula is C2H2N2OS. The van der Waals surface area contributed by atoms with Crippen LogP contribution in [-0.2, 0) is 10.8 Å². The van der Waals surface area contributed by atoms with Crippen molar-refractivity contribution in [2.75, 3.05) is 0 Å². The van der Waals surface area contributed by atoms with Crippen LogP contribution in [0.25, 0.3) is 0 Å². The second-order valence-electron chi connectivity index (χ2n) is 0.770. The zero-order chi connectivity index (χ0) is 4.41. The highest BCUT2D eigenvalue weighted by molar-refractivity contribution is 8.10. The van der Waals surface area contributed by atoms with E-state index in [0.29, 0.717) is 0 Å². The summed E-state index contributed by atoms with van der Waals surface area (Å²) >= 11 is 0. The highest BCUT2D eigenvalue weighted by atomic mass is 32.2. The average molecular weight is 102 g/mol. The Labute approximate surface area is 37.2 Å². The van der Waals surface area contributed by atoms with Crippen LogP contribution in [0.5, 0.6) is 0 Å². The van der Waals surface area contributed by atoms with E-state index in [2.05, 4.69) is 10.2 Å². The second-order valence-corrected chi connectivity index (χ2v) is 1.85. The number of rotatable bonds is 0. The molecule has 0 atom stereocenters. The van der Waals surface area contributed by atoms with E-state index >= 15 is 0 Å². The van der Waals surface area contributed by atoms with Gasteiger partial charge in [-0.25, -0.2) is 4.21 Å². The summed E-state index contributed by atoms with van der Waals surface area (Å²) in [5, 5.41) is 6.62. The molecule has 4 heteroatoms. The molecule has 0 bridgehead atoms. The molecule has 0 aromatic carbocycles. The molecule has 0 aromatic rings. The number of nitrogens with zero attached hydrogens (tertiary/aromatic N) is 2. The fourth-order valence-corrected chi connectivity index (χ4v) is 0.524. The third-order valence-electron chi connectivity index (χ3n) is 0.369. The van der Waals surface area contributed by atoms with Crippen molar-refractivity contribution in [3.8, 4) is 0 Å². The van der Waals surface area contributed by atoms with Gasteiger partial charge in [0, 0.05) is 0 Å². The molecular weight excluding hydrogens is 100 g/mol. The molecule has 0 amide bonds. The minimum absolute atomic E-state index is 1.01. The molecule has 1 rings (SSSR count). The molecule has 0 saturated heterocycles. The molecule has 0 fully saturated rings. The van der Waals surface area contributed by atoms with E-state index in [1.165, 1.54) is 11.1 Å². The van der Waals surface area contributed by atoms with Gasteiger partial charge in [-0.05, 0) is 0 Å². The molecule has 1 heterocycles. The smallest absolute Gasteiger partial charge is 0.120 e. The standard InChI is InChI=1S/C2H2N2OS/c5-6-1-3-4-2-6/h1-2H. The lowest BCUT2D eigenvalue weighted by atomic mass is 11.6. The van der Waals surface area contributed by atoms with Crippen molar-refractivity contribution < 1.29 is 4.21 Å². The van der Waals surface area contributed by atoms with E-state index in [4.69, 9.17) is 0 Å². The maximum Gasteiger partial charge on any atom is 0.120 e. The topological polar surface area (TPSA) is 41.8 Å². The summed E-state index contributed by atoms with van der Waals surface area (Å²) in [7, 11) is -1.01. The lowest BCUT2D eigenvalue weighted by molar-refractivity contribution is 0.697. The predicted octanol–water partition coefficient (Wildman–Crippen LogP) is -0.280. The first-order valence-corrected chi connectivity index (χ1v) is 2.63.